The van der Waals surface area contributed by atoms with Gasteiger partial charge in [-0.15, -0.1) is 0 Å². The highest BCUT2D eigenvalue weighted by Crippen LogP contribution is 2.24. The maximum absolute atomic E-state index is 10.3. The van der Waals surface area contributed by atoms with Crippen LogP contribution in [0.25, 0.3) is 0 Å². The lowest BCUT2D eigenvalue weighted by molar-refractivity contribution is 0.288. The van der Waals surface area contributed by atoms with Crippen molar-refractivity contribution < 1.29 is 9.53 Å². The number of aryl methyl sites for hydroxylation is 1. The SMILES string of the molecule is O=[C]c1ccc2c(c1)CCCO2. The normalized spacial score (nSPS) is 14.7. The first-order chi connectivity index (χ1) is 5.90. The number of fused-ring (bicyclic) bond motifs is 1. The minimum atomic E-state index is 0.610. The van der Waals surface area contributed by atoms with Crippen LogP contribution in [-0.4, -0.2) is 12.9 Å². The number of hydrogen-bond acceptors (Lipinski definition) is 2. The Morgan fingerprint density at radius 2 is 2.33 bits per heavy atom. The summed E-state index contributed by atoms with van der Waals surface area (Å²) in [5.74, 6) is 0.917. The molecule has 0 unspecified atom stereocenters. The van der Waals surface area contributed by atoms with Crippen LogP contribution in [-0.2, 0) is 11.2 Å². The van der Waals surface area contributed by atoms with Crippen molar-refractivity contribution in [3.05, 3.63) is 29.3 Å². The standard InChI is InChI=1S/C10H9O2/c11-7-8-3-4-10-9(6-8)2-1-5-12-10/h3-4,6H,1-2,5H2. The number of carbonyl (C=O) groups excluding carboxylic acids is 1. The predicted molar refractivity (Wildman–Crippen MR) is 45.1 cm³/mol. The molecule has 1 radical (unpaired) electrons. The summed E-state index contributed by atoms with van der Waals surface area (Å²) < 4.78 is 5.39. The minimum Gasteiger partial charge on any atom is -0.493 e. The van der Waals surface area contributed by atoms with E-state index in [1.54, 1.807) is 6.07 Å². The molecule has 1 heterocycles. The Morgan fingerprint density at radius 3 is 3.17 bits per heavy atom. The fraction of sp³-hybridized carbons (Fsp3) is 0.300. The van der Waals surface area contributed by atoms with Crippen LogP contribution in [0.2, 0.25) is 0 Å². The van der Waals surface area contributed by atoms with Gasteiger partial charge >= 0.3 is 0 Å². The Hall–Kier alpha value is -1.31. The first kappa shape index (κ1) is 7.35. The van der Waals surface area contributed by atoms with Crippen molar-refractivity contribution in [3.8, 4) is 5.75 Å². The van der Waals surface area contributed by atoms with Gasteiger partial charge in [-0.3, -0.25) is 4.79 Å². The highest BCUT2D eigenvalue weighted by Gasteiger charge is 2.09. The van der Waals surface area contributed by atoms with Crippen molar-refractivity contribution in [2.45, 2.75) is 12.8 Å². The van der Waals surface area contributed by atoms with Crippen molar-refractivity contribution in [2.24, 2.45) is 0 Å². The summed E-state index contributed by atoms with van der Waals surface area (Å²) >= 11 is 0. The zero-order valence-corrected chi connectivity index (χ0v) is 6.67. The Kier molecular flexibility index (Phi) is 1.82. The van der Waals surface area contributed by atoms with Crippen LogP contribution in [0.1, 0.15) is 17.5 Å². The molecule has 0 saturated heterocycles. The van der Waals surface area contributed by atoms with Gasteiger partial charge in [-0.2, -0.15) is 0 Å². The fourth-order valence-corrected chi connectivity index (χ4v) is 1.42. The zero-order valence-electron chi connectivity index (χ0n) is 6.67. The quantitative estimate of drug-likeness (QED) is 0.623. The van der Waals surface area contributed by atoms with Gasteiger partial charge in [0.25, 0.3) is 0 Å². The third-order valence-corrected chi connectivity index (χ3v) is 2.03. The molecule has 1 aliphatic rings. The highest BCUT2D eigenvalue weighted by atomic mass is 16.5. The molecule has 2 heteroatoms. The number of rotatable bonds is 1. The summed E-state index contributed by atoms with van der Waals surface area (Å²) in [6.07, 6.45) is 3.91. The van der Waals surface area contributed by atoms with Gasteiger partial charge in [-0.1, -0.05) is 0 Å². The molecule has 0 amide bonds. The number of hydrogen-bond donors (Lipinski definition) is 0. The maximum atomic E-state index is 10.3. The second-order valence-corrected chi connectivity index (χ2v) is 2.88. The molecule has 0 atom stereocenters. The molecule has 1 aromatic rings. The van der Waals surface area contributed by atoms with Crippen molar-refractivity contribution in [2.75, 3.05) is 6.61 Å². The van der Waals surface area contributed by atoms with E-state index in [4.69, 9.17) is 4.74 Å². The molecule has 0 fully saturated rings. The van der Waals surface area contributed by atoms with Gasteiger partial charge in [0.1, 0.15) is 5.75 Å². The van der Waals surface area contributed by atoms with Gasteiger partial charge in [-0.05, 0) is 36.6 Å². The van der Waals surface area contributed by atoms with E-state index >= 15 is 0 Å². The van der Waals surface area contributed by atoms with Gasteiger partial charge in [0.05, 0.1) is 6.61 Å². The molecule has 1 aromatic carbocycles. The second-order valence-electron chi connectivity index (χ2n) is 2.88. The molecule has 12 heavy (non-hydrogen) atoms. The molecule has 0 bridgehead atoms. The molecule has 0 spiro atoms. The molecule has 1 aliphatic heterocycles. The van der Waals surface area contributed by atoms with Gasteiger partial charge in [-0.25, -0.2) is 0 Å². The summed E-state index contributed by atoms with van der Waals surface area (Å²) in [6.45, 7) is 0.789. The largest absolute Gasteiger partial charge is 0.493 e. The van der Waals surface area contributed by atoms with E-state index in [-0.39, 0.29) is 0 Å². The van der Waals surface area contributed by atoms with Crippen molar-refractivity contribution >= 4 is 6.29 Å². The van der Waals surface area contributed by atoms with Crippen LogP contribution in [0.15, 0.2) is 18.2 Å². The van der Waals surface area contributed by atoms with Gasteiger partial charge < -0.3 is 4.74 Å². The smallest absolute Gasteiger partial charge is 0.233 e. The summed E-state index contributed by atoms with van der Waals surface area (Å²) in [7, 11) is 0. The number of benzene rings is 1. The first-order valence-corrected chi connectivity index (χ1v) is 4.04. The Bertz CT molecular complexity index is 305. The fourth-order valence-electron chi connectivity index (χ4n) is 1.42. The van der Waals surface area contributed by atoms with Gasteiger partial charge in [0, 0.05) is 5.56 Å². The molecule has 2 rings (SSSR count). The lowest BCUT2D eigenvalue weighted by Gasteiger charge is -2.16. The summed E-state index contributed by atoms with van der Waals surface area (Å²) in [6, 6.07) is 5.42. The van der Waals surface area contributed by atoms with Crippen LogP contribution >= 0.6 is 0 Å². The van der Waals surface area contributed by atoms with E-state index in [1.807, 2.05) is 18.4 Å². The molecule has 0 N–H and O–H groups in total. The van der Waals surface area contributed by atoms with E-state index in [2.05, 4.69) is 0 Å². The first-order valence-electron chi connectivity index (χ1n) is 4.04. The van der Waals surface area contributed by atoms with Crippen molar-refractivity contribution in [3.63, 3.8) is 0 Å². The van der Waals surface area contributed by atoms with E-state index in [0.29, 0.717) is 5.56 Å². The van der Waals surface area contributed by atoms with E-state index in [1.165, 1.54) is 0 Å². The average molecular weight is 161 g/mol. The Labute approximate surface area is 71.2 Å². The molecule has 0 aliphatic carbocycles. The van der Waals surface area contributed by atoms with Gasteiger partial charge in [0.15, 0.2) is 0 Å². The van der Waals surface area contributed by atoms with Crippen LogP contribution < -0.4 is 4.74 Å². The molecule has 2 nitrogen and oxygen atoms in total. The zero-order chi connectivity index (χ0) is 8.39. The molecule has 0 aromatic heterocycles. The summed E-state index contributed by atoms with van der Waals surface area (Å²) in [5, 5.41) is 0. The van der Waals surface area contributed by atoms with Crippen molar-refractivity contribution in [1.82, 2.24) is 0 Å². The van der Waals surface area contributed by atoms with Gasteiger partial charge in [0.2, 0.25) is 6.29 Å². The monoisotopic (exact) mass is 161 g/mol. The molecule has 0 saturated carbocycles. The van der Waals surface area contributed by atoms with E-state index < -0.39 is 0 Å². The highest BCUT2D eigenvalue weighted by molar-refractivity contribution is 5.76. The van der Waals surface area contributed by atoms with Crippen LogP contribution in [0, 0.1) is 0 Å². The van der Waals surface area contributed by atoms with Crippen LogP contribution in [0.3, 0.4) is 0 Å². The van der Waals surface area contributed by atoms with E-state index in [9.17, 15) is 4.79 Å². The van der Waals surface area contributed by atoms with E-state index in [0.717, 1.165) is 30.8 Å². The lowest BCUT2D eigenvalue weighted by Crippen LogP contribution is -2.08. The third-order valence-electron chi connectivity index (χ3n) is 2.03. The Morgan fingerprint density at radius 1 is 1.42 bits per heavy atom. The minimum absolute atomic E-state index is 0.610. The van der Waals surface area contributed by atoms with Crippen molar-refractivity contribution in [1.29, 1.82) is 0 Å². The third kappa shape index (κ3) is 1.20. The molecular formula is C10H9O2. The molecule has 61 valence electrons. The van der Waals surface area contributed by atoms with Crippen LogP contribution in [0.5, 0.6) is 5.75 Å². The Balaban J connectivity index is 2.42. The predicted octanol–water partition coefficient (Wildman–Crippen LogP) is 1.47. The maximum Gasteiger partial charge on any atom is 0.233 e. The number of ether oxygens (including phenoxy) is 1. The second kappa shape index (κ2) is 2.97. The molecular weight excluding hydrogens is 152 g/mol. The lowest BCUT2D eigenvalue weighted by atomic mass is 10.0. The topological polar surface area (TPSA) is 26.3 Å². The van der Waals surface area contributed by atoms with Crippen LogP contribution in [0.4, 0.5) is 0 Å². The summed E-state index contributed by atoms with van der Waals surface area (Å²) in [4.78, 5) is 10.3. The average Bonchev–Trinajstić information content (AvgIpc) is 2.17. The summed E-state index contributed by atoms with van der Waals surface area (Å²) in [5.41, 5.74) is 1.74.